The minimum atomic E-state index is 0.148. The number of benzene rings is 1. The quantitative estimate of drug-likeness (QED) is 0.888. The molecule has 1 aromatic carbocycles. The van der Waals surface area contributed by atoms with Crippen LogP contribution in [0.4, 0.5) is 0 Å². The van der Waals surface area contributed by atoms with E-state index in [1.807, 2.05) is 12.1 Å². The van der Waals surface area contributed by atoms with Gasteiger partial charge in [0.2, 0.25) is 0 Å². The van der Waals surface area contributed by atoms with E-state index in [0.29, 0.717) is 5.41 Å². The normalized spacial score (nSPS) is 26.3. The van der Waals surface area contributed by atoms with Gasteiger partial charge in [0.05, 0.1) is 19.8 Å². The van der Waals surface area contributed by atoms with Crippen molar-refractivity contribution in [3.63, 3.8) is 0 Å². The highest BCUT2D eigenvalue weighted by Crippen LogP contribution is 2.40. The van der Waals surface area contributed by atoms with E-state index in [1.54, 1.807) is 7.11 Å². The van der Waals surface area contributed by atoms with Crippen molar-refractivity contribution in [1.29, 1.82) is 0 Å². The maximum absolute atomic E-state index is 6.21. The molecular formula is C16H23NO2. The van der Waals surface area contributed by atoms with Crippen molar-refractivity contribution in [2.75, 3.05) is 26.8 Å². The highest BCUT2D eigenvalue weighted by Gasteiger charge is 2.36. The van der Waals surface area contributed by atoms with Gasteiger partial charge in [0.15, 0.2) is 0 Å². The first-order valence-electron chi connectivity index (χ1n) is 7.28. The van der Waals surface area contributed by atoms with Gasteiger partial charge in [-0.2, -0.15) is 0 Å². The van der Waals surface area contributed by atoms with Crippen LogP contribution in [-0.2, 0) is 4.74 Å². The molecule has 19 heavy (non-hydrogen) atoms. The summed E-state index contributed by atoms with van der Waals surface area (Å²) in [5.74, 6) is 0.904. The van der Waals surface area contributed by atoms with E-state index in [-0.39, 0.29) is 6.10 Å². The zero-order chi connectivity index (χ0) is 13.1. The first-order valence-corrected chi connectivity index (χ1v) is 7.28. The van der Waals surface area contributed by atoms with Gasteiger partial charge in [-0.1, -0.05) is 25.0 Å². The number of nitrogens with one attached hydrogen (secondary N) is 1. The lowest BCUT2D eigenvalue weighted by Gasteiger charge is -2.26. The maximum atomic E-state index is 6.21. The fraction of sp³-hybridized carbons (Fsp3) is 0.625. The number of methoxy groups -OCH3 is 1. The van der Waals surface area contributed by atoms with Gasteiger partial charge in [-0.15, -0.1) is 0 Å². The van der Waals surface area contributed by atoms with Crippen LogP contribution in [-0.4, -0.2) is 26.8 Å². The third kappa shape index (κ3) is 2.77. The molecule has 1 unspecified atom stereocenters. The average Bonchev–Trinajstić information content (AvgIpc) is 2.80. The Kier molecular flexibility index (Phi) is 3.76. The van der Waals surface area contributed by atoms with Crippen LogP contribution in [0.5, 0.6) is 5.75 Å². The van der Waals surface area contributed by atoms with Crippen LogP contribution in [0.2, 0.25) is 0 Å². The van der Waals surface area contributed by atoms with E-state index in [1.165, 1.54) is 31.2 Å². The smallest absolute Gasteiger partial charge is 0.119 e. The number of hydrogen-bond acceptors (Lipinski definition) is 3. The lowest BCUT2D eigenvalue weighted by atomic mass is 9.87. The van der Waals surface area contributed by atoms with E-state index in [9.17, 15) is 0 Å². The Labute approximate surface area is 115 Å². The lowest BCUT2D eigenvalue weighted by molar-refractivity contribution is 0.0157. The molecule has 1 spiro atoms. The third-order valence-corrected chi connectivity index (χ3v) is 4.55. The van der Waals surface area contributed by atoms with Gasteiger partial charge in [0, 0.05) is 18.5 Å². The number of hydrogen-bond donors (Lipinski definition) is 1. The molecule has 1 saturated carbocycles. The van der Waals surface area contributed by atoms with Gasteiger partial charge in [0.1, 0.15) is 5.75 Å². The van der Waals surface area contributed by atoms with Gasteiger partial charge in [-0.3, -0.25) is 0 Å². The van der Waals surface area contributed by atoms with Crippen molar-refractivity contribution in [1.82, 2.24) is 5.32 Å². The number of rotatable bonds is 2. The Morgan fingerprint density at radius 1 is 1.32 bits per heavy atom. The summed E-state index contributed by atoms with van der Waals surface area (Å²) in [4.78, 5) is 0. The summed E-state index contributed by atoms with van der Waals surface area (Å²) in [7, 11) is 1.71. The molecule has 3 rings (SSSR count). The molecule has 1 aliphatic carbocycles. The van der Waals surface area contributed by atoms with Crippen molar-refractivity contribution >= 4 is 0 Å². The Morgan fingerprint density at radius 3 is 2.95 bits per heavy atom. The topological polar surface area (TPSA) is 30.5 Å². The molecule has 2 aliphatic rings. The molecule has 1 N–H and O–H groups in total. The summed E-state index contributed by atoms with van der Waals surface area (Å²) < 4.78 is 11.5. The SMILES string of the molecule is COc1cccc(C2CNCC3(CCCC3)CO2)c1. The molecule has 1 saturated heterocycles. The highest BCUT2D eigenvalue weighted by atomic mass is 16.5. The summed E-state index contributed by atoms with van der Waals surface area (Å²) in [5, 5.41) is 3.60. The van der Waals surface area contributed by atoms with Crippen molar-refractivity contribution < 1.29 is 9.47 Å². The second-order valence-electron chi connectivity index (χ2n) is 5.91. The molecule has 1 aromatic rings. The first kappa shape index (κ1) is 12.9. The van der Waals surface area contributed by atoms with E-state index >= 15 is 0 Å². The second-order valence-corrected chi connectivity index (χ2v) is 5.91. The molecule has 104 valence electrons. The molecule has 3 nitrogen and oxygen atoms in total. The van der Waals surface area contributed by atoms with Gasteiger partial charge >= 0.3 is 0 Å². The van der Waals surface area contributed by atoms with Gasteiger partial charge < -0.3 is 14.8 Å². The fourth-order valence-corrected chi connectivity index (χ4v) is 3.36. The Hall–Kier alpha value is -1.06. The third-order valence-electron chi connectivity index (χ3n) is 4.55. The molecule has 0 bridgehead atoms. The summed E-state index contributed by atoms with van der Waals surface area (Å²) in [5.41, 5.74) is 1.61. The van der Waals surface area contributed by atoms with Crippen molar-refractivity contribution in [2.24, 2.45) is 5.41 Å². The average molecular weight is 261 g/mol. The van der Waals surface area contributed by atoms with E-state index in [2.05, 4.69) is 17.4 Å². The molecule has 0 radical (unpaired) electrons. The van der Waals surface area contributed by atoms with Crippen LogP contribution in [0.15, 0.2) is 24.3 Å². The van der Waals surface area contributed by atoms with E-state index < -0.39 is 0 Å². The Bertz CT molecular complexity index is 427. The van der Waals surface area contributed by atoms with Crippen LogP contribution >= 0.6 is 0 Å². The standard InChI is InChI=1S/C16H23NO2/c1-18-14-6-4-5-13(9-14)15-10-17-11-16(12-19-15)7-2-3-8-16/h4-6,9,15,17H,2-3,7-8,10-12H2,1H3. The molecular weight excluding hydrogens is 238 g/mol. The maximum Gasteiger partial charge on any atom is 0.119 e. The van der Waals surface area contributed by atoms with Crippen molar-refractivity contribution in [3.8, 4) is 5.75 Å². The van der Waals surface area contributed by atoms with Crippen LogP contribution < -0.4 is 10.1 Å². The second kappa shape index (κ2) is 5.51. The van der Waals surface area contributed by atoms with Crippen LogP contribution in [0.25, 0.3) is 0 Å². The predicted molar refractivity (Wildman–Crippen MR) is 75.5 cm³/mol. The molecule has 3 heteroatoms. The molecule has 0 aromatic heterocycles. The van der Waals surface area contributed by atoms with Crippen molar-refractivity contribution in [3.05, 3.63) is 29.8 Å². The lowest BCUT2D eigenvalue weighted by Crippen LogP contribution is -2.32. The van der Waals surface area contributed by atoms with E-state index in [4.69, 9.17) is 9.47 Å². The van der Waals surface area contributed by atoms with Crippen molar-refractivity contribution in [2.45, 2.75) is 31.8 Å². The molecule has 1 heterocycles. The first-order chi connectivity index (χ1) is 9.31. The molecule has 1 aliphatic heterocycles. The number of ether oxygens (including phenoxy) is 2. The Balaban J connectivity index is 1.72. The Morgan fingerprint density at radius 2 is 2.16 bits per heavy atom. The minimum absolute atomic E-state index is 0.148. The molecule has 2 fully saturated rings. The van der Waals surface area contributed by atoms with Crippen LogP contribution in [0.1, 0.15) is 37.4 Å². The largest absolute Gasteiger partial charge is 0.497 e. The summed E-state index contributed by atoms with van der Waals surface area (Å²) in [6.45, 7) is 2.89. The predicted octanol–water partition coefficient (Wildman–Crippen LogP) is 2.92. The highest BCUT2D eigenvalue weighted by molar-refractivity contribution is 5.30. The fourth-order valence-electron chi connectivity index (χ4n) is 3.36. The summed E-state index contributed by atoms with van der Waals surface area (Å²) >= 11 is 0. The van der Waals surface area contributed by atoms with Gasteiger partial charge in [0.25, 0.3) is 0 Å². The summed E-state index contributed by atoms with van der Waals surface area (Å²) in [6, 6.07) is 8.22. The monoisotopic (exact) mass is 261 g/mol. The van der Waals surface area contributed by atoms with Crippen LogP contribution in [0.3, 0.4) is 0 Å². The zero-order valence-electron chi connectivity index (χ0n) is 11.7. The minimum Gasteiger partial charge on any atom is -0.497 e. The zero-order valence-corrected chi connectivity index (χ0v) is 11.7. The summed E-state index contributed by atoms with van der Waals surface area (Å²) in [6.07, 6.45) is 5.48. The van der Waals surface area contributed by atoms with Gasteiger partial charge in [-0.25, -0.2) is 0 Å². The van der Waals surface area contributed by atoms with Crippen LogP contribution in [0, 0.1) is 5.41 Å². The molecule has 0 amide bonds. The van der Waals surface area contributed by atoms with E-state index in [0.717, 1.165) is 25.4 Å². The van der Waals surface area contributed by atoms with Gasteiger partial charge in [-0.05, 0) is 30.5 Å². The molecule has 1 atom stereocenters.